The van der Waals surface area contributed by atoms with Gasteiger partial charge in [-0.1, -0.05) is 0 Å². The lowest BCUT2D eigenvalue weighted by atomic mass is 10.0. The molecule has 2 rings (SSSR count). The molecule has 1 fully saturated rings. The van der Waals surface area contributed by atoms with Crippen molar-refractivity contribution in [3.05, 3.63) is 23.8 Å². The van der Waals surface area contributed by atoms with Crippen LogP contribution in [0, 0.1) is 11.3 Å². The second-order valence-corrected chi connectivity index (χ2v) is 4.90. The van der Waals surface area contributed by atoms with Crippen LogP contribution < -0.4 is 14.4 Å². The minimum absolute atomic E-state index is 0.111. The van der Waals surface area contributed by atoms with Gasteiger partial charge in [0, 0.05) is 5.56 Å². The Hall–Kier alpha value is -1.73. The van der Waals surface area contributed by atoms with Gasteiger partial charge in [0.05, 0.1) is 27.3 Å². The smallest absolute Gasteiger partial charge is 0.200 e. The minimum atomic E-state index is -0.111. The van der Waals surface area contributed by atoms with Crippen molar-refractivity contribution in [3.63, 3.8) is 0 Å². The summed E-state index contributed by atoms with van der Waals surface area (Å²) in [4.78, 5) is 1.36. The molecule has 1 aromatic rings. The number of ether oxygens (including phenoxy) is 2. The Labute approximate surface area is 114 Å². The summed E-state index contributed by atoms with van der Waals surface area (Å²) in [5.74, 6) is 1.40. The molecule has 1 aliphatic heterocycles. The SMILES string of the molecule is COc1ccc([C@H](C#N)[NH+]2CCCCC2)cc1OC. The Balaban J connectivity index is 2.25. The summed E-state index contributed by atoms with van der Waals surface area (Å²) in [5, 5.41) is 9.48. The molecule has 0 spiro atoms. The molecule has 1 aliphatic rings. The molecule has 0 radical (unpaired) electrons. The Morgan fingerprint density at radius 2 is 1.79 bits per heavy atom. The summed E-state index contributed by atoms with van der Waals surface area (Å²) >= 11 is 0. The van der Waals surface area contributed by atoms with Crippen LogP contribution in [0.15, 0.2) is 18.2 Å². The molecular formula is C15H21N2O2+. The third kappa shape index (κ3) is 2.99. The fourth-order valence-corrected chi connectivity index (χ4v) is 2.73. The zero-order valence-corrected chi connectivity index (χ0v) is 11.6. The van der Waals surface area contributed by atoms with Crippen LogP contribution in [0.4, 0.5) is 0 Å². The summed E-state index contributed by atoms with van der Waals surface area (Å²) < 4.78 is 10.6. The fraction of sp³-hybridized carbons (Fsp3) is 0.533. The molecule has 0 unspecified atom stereocenters. The van der Waals surface area contributed by atoms with Gasteiger partial charge in [-0.15, -0.1) is 0 Å². The zero-order valence-electron chi connectivity index (χ0n) is 11.6. The van der Waals surface area contributed by atoms with E-state index >= 15 is 0 Å². The molecule has 1 heterocycles. The van der Waals surface area contributed by atoms with Gasteiger partial charge in [0.2, 0.25) is 6.04 Å². The van der Waals surface area contributed by atoms with E-state index in [1.165, 1.54) is 24.2 Å². The number of nitrogens with one attached hydrogen (secondary N) is 1. The Morgan fingerprint density at radius 3 is 2.37 bits per heavy atom. The van der Waals surface area contributed by atoms with E-state index in [1.807, 2.05) is 18.2 Å². The molecule has 4 heteroatoms. The molecule has 1 aromatic carbocycles. The largest absolute Gasteiger partial charge is 0.493 e. The highest BCUT2D eigenvalue weighted by molar-refractivity contribution is 5.44. The molecule has 0 saturated carbocycles. The van der Waals surface area contributed by atoms with E-state index in [0.29, 0.717) is 11.5 Å². The van der Waals surface area contributed by atoms with Gasteiger partial charge in [0.1, 0.15) is 6.07 Å². The topological polar surface area (TPSA) is 46.7 Å². The fourth-order valence-electron chi connectivity index (χ4n) is 2.73. The molecule has 102 valence electrons. The van der Waals surface area contributed by atoms with Gasteiger partial charge in [0.15, 0.2) is 11.5 Å². The number of likely N-dealkylation sites (tertiary alicyclic amines) is 1. The molecule has 0 amide bonds. The van der Waals surface area contributed by atoms with Crippen LogP contribution in [0.3, 0.4) is 0 Å². The van der Waals surface area contributed by atoms with Gasteiger partial charge < -0.3 is 14.4 Å². The molecule has 0 bridgehead atoms. The Morgan fingerprint density at radius 1 is 1.11 bits per heavy atom. The van der Waals surface area contributed by atoms with Crippen molar-refractivity contribution in [1.29, 1.82) is 5.26 Å². The highest BCUT2D eigenvalue weighted by atomic mass is 16.5. The standard InChI is InChI=1S/C15H20N2O2/c1-18-14-7-6-12(10-15(14)19-2)13(11-16)17-8-4-3-5-9-17/h6-7,10,13H,3-5,8-9H2,1-2H3/p+1/t13-/m0/s1. The number of hydrogen-bond acceptors (Lipinski definition) is 3. The molecular weight excluding hydrogens is 240 g/mol. The maximum atomic E-state index is 9.48. The molecule has 4 nitrogen and oxygen atoms in total. The van der Waals surface area contributed by atoms with Gasteiger partial charge >= 0.3 is 0 Å². The van der Waals surface area contributed by atoms with Crippen molar-refractivity contribution in [3.8, 4) is 17.6 Å². The summed E-state index contributed by atoms with van der Waals surface area (Å²) in [5.41, 5.74) is 1.01. The van der Waals surface area contributed by atoms with Gasteiger partial charge in [0.25, 0.3) is 0 Å². The van der Waals surface area contributed by atoms with E-state index in [4.69, 9.17) is 9.47 Å². The number of piperidine rings is 1. The maximum absolute atomic E-state index is 9.48. The molecule has 0 aromatic heterocycles. The van der Waals surface area contributed by atoms with Crippen LogP contribution in [0.2, 0.25) is 0 Å². The first-order chi connectivity index (χ1) is 9.30. The number of rotatable bonds is 4. The van der Waals surface area contributed by atoms with Crippen LogP contribution in [0.5, 0.6) is 11.5 Å². The van der Waals surface area contributed by atoms with E-state index in [-0.39, 0.29) is 6.04 Å². The zero-order chi connectivity index (χ0) is 13.7. The summed E-state index contributed by atoms with van der Waals surface area (Å²) in [7, 11) is 3.24. The first kappa shape index (κ1) is 13.7. The quantitative estimate of drug-likeness (QED) is 0.889. The van der Waals surface area contributed by atoms with Crippen LogP contribution in [-0.4, -0.2) is 27.3 Å². The Kier molecular flexibility index (Phi) is 4.64. The third-order valence-electron chi connectivity index (χ3n) is 3.77. The highest BCUT2D eigenvalue weighted by Gasteiger charge is 2.26. The number of quaternary nitrogens is 1. The normalized spacial score (nSPS) is 17.5. The second-order valence-electron chi connectivity index (χ2n) is 4.90. The van der Waals surface area contributed by atoms with Crippen molar-refractivity contribution >= 4 is 0 Å². The molecule has 1 atom stereocenters. The number of hydrogen-bond donors (Lipinski definition) is 1. The van der Waals surface area contributed by atoms with Crippen molar-refractivity contribution < 1.29 is 14.4 Å². The lowest BCUT2D eigenvalue weighted by Crippen LogP contribution is -3.13. The van der Waals surface area contributed by atoms with Crippen LogP contribution in [0.1, 0.15) is 30.9 Å². The van der Waals surface area contributed by atoms with Gasteiger partial charge in [-0.25, -0.2) is 0 Å². The predicted molar refractivity (Wildman–Crippen MR) is 72.4 cm³/mol. The first-order valence-electron chi connectivity index (χ1n) is 6.76. The van der Waals surface area contributed by atoms with Crippen molar-refractivity contribution in [2.75, 3.05) is 27.3 Å². The van der Waals surface area contributed by atoms with Crippen molar-refractivity contribution in [1.82, 2.24) is 0 Å². The summed E-state index contributed by atoms with van der Waals surface area (Å²) in [6, 6.07) is 8.10. The van der Waals surface area contributed by atoms with Crippen molar-refractivity contribution in [2.45, 2.75) is 25.3 Å². The average molecular weight is 261 g/mol. The number of nitrogens with zero attached hydrogens (tertiary/aromatic N) is 1. The lowest BCUT2D eigenvalue weighted by molar-refractivity contribution is -0.927. The van der Waals surface area contributed by atoms with E-state index in [1.54, 1.807) is 14.2 Å². The van der Waals surface area contributed by atoms with Crippen molar-refractivity contribution in [2.24, 2.45) is 0 Å². The number of benzene rings is 1. The highest BCUT2D eigenvalue weighted by Crippen LogP contribution is 2.29. The van der Waals surface area contributed by atoms with Gasteiger partial charge in [-0.3, -0.25) is 0 Å². The molecule has 0 aliphatic carbocycles. The minimum Gasteiger partial charge on any atom is -0.493 e. The van der Waals surface area contributed by atoms with Crippen LogP contribution >= 0.6 is 0 Å². The van der Waals surface area contributed by atoms with Crippen LogP contribution in [-0.2, 0) is 0 Å². The lowest BCUT2D eigenvalue weighted by Gasteiger charge is -2.27. The monoisotopic (exact) mass is 261 g/mol. The van der Waals surface area contributed by atoms with Gasteiger partial charge in [-0.2, -0.15) is 5.26 Å². The van der Waals surface area contributed by atoms with E-state index in [2.05, 4.69) is 6.07 Å². The maximum Gasteiger partial charge on any atom is 0.200 e. The first-order valence-corrected chi connectivity index (χ1v) is 6.76. The summed E-state index contributed by atoms with van der Waals surface area (Å²) in [6.45, 7) is 2.15. The second kappa shape index (κ2) is 6.44. The van der Waals surface area contributed by atoms with E-state index in [0.717, 1.165) is 18.7 Å². The summed E-state index contributed by atoms with van der Waals surface area (Å²) in [6.07, 6.45) is 3.70. The molecule has 19 heavy (non-hydrogen) atoms. The Bertz CT molecular complexity index is 462. The molecule has 1 N–H and O–H groups in total. The average Bonchev–Trinajstić information content (AvgIpc) is 2.49. The number of nitriles is 1. The van der Waals surface area contributed by atoms with Crippen LogP contribution in [0.25, 0.3) is 0 Å². The van der Waals surface area contributed by atoms with E-state index < -0.39 is 0 Å². The molecule has 1 saturated heterocycles. The van der Waals surface area contributed by atoms with E-state index in [9.17, 15) is 5.26 Å². The number of methoxy groups -OCH3 is 2. The third-order valence-corrected chi connectivity index (χ3v) is 3.77. The van der Waals surface area contributed by atoms with Gasteiger partial charge in [-0.05, 0) is 37.5 Å². The predicted octanol–water partition coefficient (Wildman–Crippen LogP) is 1.34.